The van der Waals surface area contributed by atoms with Crippen LogP contribution in [-0.4, -0.2) is 17.0 Å². The fraction of sp³-hybridized carbons (Fsp3) is 0.125. The van der Waals surface area contributed by atoms with E-state index in [0.717, 1.165) is 5.56 Å². The fourth-order valence-electron chi connectivity index (χ4n) is 1.95. The molecule has 2 aromatic carbocycles. The minimum atomic E-state index is -0.910. The van der Waals surface area contributed by atoms with Gasteiger partial charge in [-0.2, -0.15) is 0 Å². The van der Waals surface area contributed by atoms with Crippen molar-refractivity contribution in [1.29, 1.82) is 0 Å². The Morgan fingerprint density at radius 3 is 2.62 bits per heavy atom. The summed E-state index contributed by atoms with van der Waals surface area (Å²) in [6.07, 6.45) is -0.0787. The zero-order valence-electron chi connectivity index (χ0n) is 11.6. The van der Waals surface area contributed by atoms with Gasteiger partial charge in [0.25, 0.3) is 5.91 Å². The summed E-state index contributed by atoms with van der Waals surface area (Å²) >= 11 is 0. The number of nitrogens with two attached hydrogens (primary N) is 1. The molecule has 0 saturated heterocycles. The quantitative estimate of drug-likeness (QED) is 0.752. The van der Waals surface area contributed by atoms with Gasteiger partial charge < -0.3 is 16.2 Å². The number of carboxylic acids is 1. The molecule has 0 saturated carbocycles. The molecule has 2 aromatic rings. The summed E-state index contributed by atoms with van der Waals surface area (Å²) in [5.74, 6) is -1.17. The van der Waals surface area contributed by atoms with E-state index >= 15 is 0 Å². The number of rotatable bonds is 4. The highest BCUT2D eigenvalue weighted by atomic mass is 16.4. The molecule has 2 rings (SSSR count). The fourth-order valence-corrected chi connectivity index (χ4v) is 1.95. The molecule has 1 amide bonds. The predicted octanol–water partition coefficient (Wildman–Crippen LogP) is 2.46. The van der Waals surface area contributed by atoms with Gasteiger partial charge >= 0.3 is 5.97 Å². The van der Waals surface area contributed by atoms with Crippen molar-refractivity contribution in [2.75, 3.05) is 11.1 Å². The van der Waals surface area contributed by atoms with Gasteiger partial charge in [0.1, 0.15) is 0 Å². The van der Waals surface area contributed by atoms with Gasteiger partial charge in [-0.3, -0.25) is 9.59 Å². The number of amides is 1. The summed E-state index contributed by atoms with van der Waals surface area (Å²) in [6.45, 7) is 1.83. The van der Waals surface area contributed by atoms with Crippen LogP contribution in [0.2, 0.25) is 0 Å². The first-order chi connectivity index (χ1) is 9.95. The SMILES string of the molecule is Cc1cc(C(=O)Nc2cccc(CC(=O)O)c2)ccc1N. The number of aryl methyl sites for hydroxylation is 1. The summed E-state index contributed by atoms with van der Waals surface area (Å²) < 4.78 is 0. The Morgan fingerprint density at radius 1 is 1.19 bits per heavy atom. The number of anilines is 2. The Labute approximate surface area is 122 Å². The van der Waals surface area contributed by atoms with Crippen molar-refractivity contribution in [2.24, 2.45) is 0 Å². The molecule has 0 aromatic heterocycles. The predicted molar refractivity (Wildman–Crippen MR) is 81.3 cm³/mol. The maximum Gasteiger partial charge on any atom is 0.307 e. The van der Waals surface area contributed by atoms with Crippen LogP contribution in [0.5, 0.6) is 0 Å². The number of carboxylic acid groups (broad SMARTS) is 1. The maximum atomic E-state index is 12.1. The van der Waals surface area contributed by atoms with E-state index in [1.165, 1.54) is 0 Å². The number of carbonyl (C=O) groups is 2. The van der Waals surface area contributed by atoms with Gasteiger partial charge in [-0.05, 0) is 48.4 Å². The summed E-state index contributed by atoms with van der Waals surface area (Å²) in [6, 6.07) is 11.8. The molecule has 0 spiro atoms. The molecule has 5 nitrogen and oxygen atoms in total. The van der Waals surface area contributed by atoms with Gasteiger partial charge in [-0.1, -0.05) is 12.1 Å². The number of hydrogen-bond donors (Lipinski definition) is 3. The lowest BCUT2D eigenvalue weighted by atomic mass is 10.1. The lowest BCUT2D eigenvalue weighted by Crippen LogP contribution is -2.12. The molecule has 0 aliphatic heterocycles. The van der Waals surface area contributed by atoms with Crippen LogP contribution in [-0.2, 0) is 11.2 Å². The lowest BCUT2D eigenvalue weighted by molar-refractivity contribution is -0.136. The number of aliphatic carboxylic acids is 1. The smallest absolute Gasteiger partial charge is 0.307 e. The van der Waals surface area contributed by atoms with Crippen LogP contribution in [0.25, 0.3) is 0 Å². The van der Waals surface area contributed by atoms with Crippen LogP contribution in [0, 0.1) is 6.92 Å². The van der Waals surface area contributed by atoms with Crippen LogP contribution in [0.4, 0.5) is 11.4 Å². The normalized spacial score (nSPS) is 10.1. The standard InChI is InChI=1S/C16H16N2O3/c1-10-7-12(5-6-14(10)17)16(21)18-13-4-2-3-11(8-13)9-15(19)20/h2-8H,9,17H2,1H3,(H,18,21)(H,19,20). The molecule has 4 N–H and O–H groups in total. The van der Waals surface area contributed by atoms with E-state index in [2.05, 4.69) is 5.32 Å². The second-order valence-electron chi connectivity index (χ2n) is 4.80. The van der Waals surface area contributed by atoms with Crippen LogP contribution < -0.4 is 11.1 Å². The first kappa shape index (κ1) is 14.6. The van der Waals surface area contributed by atoms with Crippen molar-refractivity contribution in [1.82, 2.24) is 0 Å². The summed E-state index contributed by atoms with van der Waals surface area (Å²) in [4.78, 5) is 22.8. The number of nitrogen functional groups attached to an aromatic ring is 1. The minimum absolute atomic E-state index is 0.0787. The summed E-state index contributed by atoms with van der Waals surface area (Å²) in [7, 11) is 0. The van der Waals surface area contributed by atoms with Crippen LogP contribution in [0.1, 0.15) is 21.5 Å². The molecule has 0 aliphatic carbocycles. The van der Waals surface area contributed by atoms with E-state index < -0.39 is 5.97 Å². The molecule has 0 aliphatic rings. The van der Waals surface area contributed by atoms with Gasteiger partial charge in [0.2, 0.25) is 0 Å². The van der Waals surface area contributed by atoms with E-state index in [-0.39, 0.29) is 12.3 Å². The average Bonchev–Trinajstić information content (AvgIpc) is 2.41. The maximum absolute atomic E-state index is 12.1. The molecule has 0 fully saturated rings. The number of carbonyl (C=O) groups excluding carboxylic acids is 1. The largest absolute Gasteiger partial charge is 0.481 e. The molecular weight excluding hydrogens is 268 g/mol. The molecular formula is C16H16N2O3. The number of hydrogen-bond acceptors (Lipinski definition) is 3. The topological polar surface area (TPSA) is 92.4 Å². The molecule has 5 heteroatoms. The van der Waals surface area contributed by atoms with Crippen LogP contribution in [0.15, 0.2) is 42.5 Å². The second-order valence-corrected chi connectivity index (χ2v) is 4.80. The first-order valence-electron chi connectivity index (χ1n) is 6.44. The Kier molecular flexibility index (Phi) is 4.23. The van der Waals surface area contributed by atoms with Crippen LogP contribution in [0.3, 0.4) is 0 Å². The Balaban J connectivity index is 2.15. The van der Waals surface area contributed by atoms with E-state index in [1.54, 1.807) is 42.5 Å². The van der Waals surface area contributed by atoms with E-state index in [0.29, 0.717) is 22.5 Å². The summed E-state index contributed by atoms with van der Waals surface area (Å²) in [5.41, 5.74) is 8.89. The molecule has 0 unspecified atom stereocenters. The first-order valence-corrected chi connectivity index (χ1v) is 6.44. The Bertz CT molecular complexity index is 696. The molecule has 21 heavy (non-hydrogen) atoms. The highest BCUT2D eigenvalue weighted by molar-refractivity contribution is 6.04. The summed E-state index contributed by atoms with van der Waals surface area (Å²) in [5, 5.41) is 11.5. The highest BCUT2D eigenvalue weighted by Gasteiger charge is 2.08. The van der Waals surface area contributed by atoms with Gasteiger partial charge in [-0.15, -0.1) is 0 Å². The van der Waals surface area contributed by atoms with E-state index in [9.17, 15) is 9.59 Å². The molecule has 0 heterocycles. The van der Waals surface area contributed by atoms with Gasteiger partial charge in [0.15, 0.2) is 0 Å². The van der Waals surface area contributed by atoms with E-state index in [1.807, 2.05) is 6.92 Å². The van der Waals surface area contributed by atoms with Crippen molar-refractivity contribution >= 4 is 23.3 Å². The third kappa shape index (κ3) is 3.82. The molecule has 0 bridgehead atoms. The number of nitrogens with one attached hydrogen (secondary N) is 1. The Hall–Kier alpha value is -2.82. The van der Waals surface area contributed by atoms with Gasteiger partial charge in [-0.25, -0.2) is 0 Å². The molecule has 0 atom stereocenters. The number of benzene rings is 2. The average molecular weight is 284 g/mol. The van der Waals surface area contributed by atoms with Crippen molar-refractivity contribution in [3.05, 3.63) is 59.2 Å². The second kappa shape index (κ2) is 6.09. The monoisotopic (exact) mass is 284 g/mol. The van der Waals surface area contributed by atoms with Crippen molar-refractivity contribution in [3.63, 3.8) is 0 Å². The van der Waals surface area contributed by atoms with Crippen molar-refractivity contribution < 1.29 is 14.7 Å². The van der Waals surface area contributed by atoms with Gasteiger partial charge in [0, 0.05) is 16.9 Å². The third-order valence-corrected chi connectivity index (χ3v) is 3.07. The van der Waals surface area contributed by atoms with E-state index in [4.69, 9.17) is 10.8 Å². The van der Waals surface area contributed by atoms with Gasteiger partial charge in [0.05, 0.1) is 6.42 Å². The highest BCUT2D eigenvalue weighted by Crippen LogP contribution is 2.16. The van der Waals surface area contributed by atoms with Crippen molar-refractivity contribution in [2.45, 2.75) is 13.3 Å². The third-order valence-electron chi connectivity index (χ3n) is 3.07. The van der Waals surface area contributed by atoms with Crippen molar-refractivity contribution in [3.8, 4) is 0 Å². The Morgan fingerprint density at radius 2 is 1.95 bits per heavy atom. The molecule has 108 valence electrons. The zero-order chi connectivity index (χ0) is 15.4. The van der Waals surface area contributed by atoms with Crippen LogP contribution >= 0.6 is 0 Å². The zero-order valence-corrected chi connectivity index (χ0v) is 11.6. The lowest BCUT2D eigenvalue weighted by Gasteiger charge is -2.08. The molecule has 0 radical (unpaired) electrons. The minimum Gasteiger partial charge on any atom is -0.481 e.